The topological polar surface area (TPSA) is 93.9 Å². The van der Waals surface area contributed by atoms with Gasteiger partial charge in [0.15, 0.2) is 0 Å². The zero-order chi connectivity index (χ0) is 24.8. The summed E-state index contributed by atoms with van der Waals surface area (Å²) in [6.07, 6.45) is 6.74. The van der Waals surface area contributed by atoms with Crippen molar-refractivity contribution in [3.8, 4) is 11.5 Å². The molecule has 0 saturated carbocycles. The van der Waals surface area contributed by atoms with Crippen molar-refractivity contribution in [3.05, 3.63) is 84.0 Å². The van der Waals surface area contributed by atoms with Crippen LogP contribution in [0.4, 0.5) is 0 Å². The molecule has 1 aliphatic heterocycles. The average molecular weight is 476 g/mol. The molecule has 2 aromatic carbocycles. The second kappa shape index (κ2) is 10.9. The van der Waals surface area contributed by atoms with Crippen LogP contribution in [0.1, 0.15) is 36.9 Å². The van der Waals surface area contributed by atoms with Gasteiger partial charge in [0, 0.05) is 31.0 Å². The molecule has 0 aliphatic carbocycles. The van der Waals surface area contributed by atoms with Crippen LogP contribution in [-0.2, 0) is 16.1 Å². The number of aliphatic hydroxyl groups excluding tert-OH is 1. The number of ketones is 1. The lowest BCUT2D eigenvalue weighted by Gasteiger charge is -2.26. The minimum absolute atomic E-state index is 0.0652. The fourth-order valence-electron chi connectivity index (χ4n) is 4.20. The molecule has 3 aromatic rings. The first-order valence-corrected chi connectivity index (χ1v) is 11.6. The van der Waals surface area contributed by atoms with E-state index in [4.69, 9.17) is 9.47 Å². The molecule has 1 amide bonds. The fraction of sp³-hybridized carbons (Fsp3) is 0.296. The first-order valence-electron chi connectivity index (χ1n) is 11.6. The second-order valence-electron chi connectivity index (χ2n) is 8.30. The Labute approximate surface area is 204 Å². The maximum Gasteiger partial charge on any atom is 0.295 e. The Morgan fingerprint density at radius 2 is 1.89 bits per heavy atom. The Hall–Kier alpha value is -4.07. The maximum atomic E-state index is 13.2. The number of imidazole rings is 1. The van der Waals surface area contributed by atoms with Crippen LogP contribution < -0.4 is 9.47 Å². The number of Topliss-reactive ketones (excluding diaryl/α,β-unsaturated/α-hetero) is 1. The Balaban J connectivity index is 1.72. The predicted octanol–water partition coefficient (Wildman–Crippen LogP) is 4.19. The van der Waals surface area contributed by atoms with Crippen LogP contribution >= 0.6 is 0 Å². The van der Waals surface area contributed by atoms with Gasteiger partial charge in [-0.15, -0.1) is 0 Å². The molecular formula is C27H29N3O5. The van der Waals surface area contributed by atoms with Crippen LogP contribution in [0.15, 0.2) is 72.8 Å². The number of carbonyl (C=O) groups excluding carboxylic acids is 2. The lowest BCUT2D eigenvalue weighted by atomic mass is 9.95. The van der Waals surface area contributed by atoms with Crippen molar-refractivity contribution < 1.29 is 24.2 Å². The molecule has 1 unspecified atom stereocenters. The summed E-state index contributed by atoms with van der Waals surface area (Å²) in [7, 11) is 1.55. The first kappa shape index (κ1) is 24.1. The molecule has 1 aromatic heterocycles. The van der Waals surface area contributed by atoms with Crippen molar-refractivity contribution in [2.24, 2.45) is 0 Å². The van der Waals surface area contributed by atoms with Crippen LogP contribution in [0.5, 0.6) is 11.5 Å². The maximum absolute atomic E-state index is 13.2. The van der Waals surface area contributed by atoms with Gasteiger partial charge in [-0.2, -0.15) is 0 Å². The highest BCUT2D eigenvalue weighted by Crippen LogP contribution is 2.40. The molecule has 8 nitrogen and oxygen atoms in total. The molecule has 1 saturated heterocycles. The number of ether oxygens (including phenoxy) is 2. The van der Waals surface area contributed by atoms with E-state index >= 15 is 0 Å². The molecule has 1 fully saturated rings. The van der Waals surface area contributed by atoms with Crippen LogP contribution in [-0.4, -0.2) is 51.5 Å². The minimum Gasteiger partial charge on any atom is -0.507 e. The number of nitrogens with zero attached hydrogens (tertiary/aromatic N) is 3. The van der Waals surface area contributed by atoms with E-state index < -0.39 is 17.7 Å². The molecule has 0 bridgehead atoms. The smallest absolute Gasteiger partial charge is 0.295 e. The molecule has 1 atom stereocenters. The highest BCUT2D eigenvalue weighted by Gasteiger charge is 2.45. The van der Waals surface area contributed by atoms with E-state index in [1.165, 1.54) is 4.90 Å². The number of aryl methyl sites for hydroxylation is 1. The number of hydrogen-bond donors (Lipinski definition) is 1. The fourth-order valence-corrected chi connectivity index (χ4v) is 4.20. The molecule has 0 spiro atoms. The molecule has 1 aliphatic rings. The lowest BCUT2D eigenvalue weighted by Crippen LogP contribution is -2.31. The van der Waals surface area contributed by atoms with Gasteiger partial charge >= 0.3 is 0 Å². The van der Waals surface area contributed by atoms with Crippen molar-refractivity contribution in [2.75, 3.05) is 20.3 Å². The number of rotatable bonds is 10. The van der Waals surface area contributed by atoms with Crippen molar-refractivity contribution in [2.45, 2.75) is 32.4 Å². The van der Waals surface area contributed by atoms with E-state index in [0.717, 1.165) is 6.42 Å². The van der Waals surface area contributed by atoms with Gasteiger partial charge in [0.25, 0.3) is 11.7 Å². The summed E-state index contributed by atoms with van der Waals surface area (Å²) in [5.41, 5.74) is 1.21. The zero-order valence-corrected chi connectivity index (χ0v) is 19.9. The monoisotopic (exact) mass is 475 g/mol. The van der Waals surface area contributed by atoms with Gasteiger partial charge in [-0.1, -0.05) is 19.1 Å². The van der Waals surface area contributed by atoms with Crippen molar-refractivity contribution in [1.82, 2.24) is 14.5 Å². The third-order valence-electron chi connectivity index (χ3n) is 5.92. The number of hydrogen-bond acceptors (Lipinski definition) is 6. The lowest BCUT2D eigenvalue weighted by molar-refractivity contribution is -0.139. The number of carbonyl (C=O) groups is 2. The number of aromatic nitrogens is 2. The summed E-state index contributed by atoms with van der Waals surface area (Å²) >= 11 is 0. The summed E-state index contributed by atoms with van der Waals surface area (Å²) in [5, 5.41) is 11.2. The zero-order valence-electron chi connectivity index (χ0n) is 19.9. The van der Waals surface area contributed by atoms with Gasteiger partial charge < -0.3 is 24.0 Å². The third kappa shape index (κ3) is 5.21. The van der Waals surface area contributed by atoms with E-state index in [9.17, 15) is 14.7 Å². The van der Waals surface area contributed by atoms with Gasteiger partial charge in [-0.3, -0.25) is 9.59 Å². The Morgan fingerprint density at radius 1 is 1.09 bits per heavy atom. The number of amides is 1. The van der Waals surface area contributed by atoms with Crippen LogP contribution in [0, 0.1) is 0 Å². The molecule has 0 radical (unpaired) electrons. The van der Waals surface area contributed by atoms with Gasteiger partial charge in [0.2, 0.25) is 0 Å². The van der Waals surface area contributed by atoms with Gasteiger partial charge in [0.1, 0.15) is 17.3 Å². The van der Waals surface area contributed by atoms with Gasteiger partial charge in [0.05, 0.1) is 31.7 Å². The highest BCUT2D eigenvalue weighted by molar-refractivity contribution is 6.46. The van der Waals surface area contributed by atoms with Gasteiger partial charge in [-0.25, -0.2) is 4.98 Å². The Kier molecular flexibility index (Phi) is 7.50. The quantitative estimate of drug-likeness (QED) is 0.268. The Bertz CT molecular complexity index is 1200. The molecule has 4 rings (SSSR count). The van der Waals surface area contributed by atoms with Crippen molar-refractivity contribution in [1.29, 1.82) is 0 Å². The minimum atomic E-state index is -0.731. The van der Waals surface area contributed by atoms with Gasteiger partial charge in [-0.05, 0) is 54.8 Å². The summed E-state index contributed by atoms with van der Waals surface area (Å²) in [4.78, 5) is 31.9. The van der Waals surface area contributed by atoms with E-state index in [1.807, 2.05) is 42.0 Å². The predicted molar refractivity (Wildman–Crippen MR) is 131 cm³/mol. The normalized spacial score (nSPS) is 17.1. The molecule has 182 valence electrons. The SMILES string of the molecule is CCCOc1cccc(C2/C(=C(\O)c3ccc(OC)cc3)C(=O)C(=O)N2CCCn2ccnc2)c1. The molecule has 2 heterocycles. The van der Waals surface area contributed by atoms with E-state index in [0.29, 0.717) is 48.7 Å². The highest BCUT2D eigenvalue weighted by atomic mass is 16.5. The van der Waals surface area contributed by atoms with Crippen LogP contribution in [0.2, 0.25) is 0 Å². The molecule has 8 heteroatoms. The van der Waals surface area contributed by atoms with Crippen LogP contribution in [0.3, 0.4) is 0 Å². The summed E-state index contributed by atoms with van der Waals surface area (Å²) in [6, 6.07) is 13.3. The number of methoxy groups -OCH3 is 1. The number of aliphatic hydroxyl groups is 1. The molecular weight excluding hydrogens is 446 g/mol. The average Bonchev–Trinajstić information content (AvgIpc) is 3.49. The summed E-state index contributed by atoms with van der Waals surface area (Å²) in [5.74, 6) is -0.272. The van der Waals surface area contributed by atoms with E-state index in [1.54, 1.807) is 43.9 Å². The van der Waals surface area contributed by atoms with Crippen molar-refractivity contribution >= 4 is 17.4 Å². The number of benzene rings is 2. The molecule has 35 heavy (non-hydrogen) atoms. The van der Waals surface area contributed by atoms with Crippen LogP contribution in [0.25, 0.3) is 5.76 Å². The molecule has 1 N–H and O–H groups in total. The van der Waals surface area contributed by atoms with Crippen molar-refractivity contribution in [3.63, 3.8) is 0 Å². The largest absolute Gasteiger partial charge is 0.507 e. The second-order valence-corrected chi connectivity index (χ2v) is 8.30. The summed E-state index contributed by atoms with van der Waals surface area (Å²) in [6.45, 7) is 3.56. The van der Waals surface area contributed by atoms with E-state index in [-0.39, 0.29) is 11.3 Å². The standard InChI is InChI=1S/C27H29N3O5/c1-3-16-35-22-7-4-6-20(17-22)24-23(25(31)19-8-10-21(34-2)11-9-19)26(32)27(33)30(24)14-5-13-29-15-12-28-18-29/h4,6-12,15,17-18,24,31H,3,5,13-14,16H2,1-2H3/b25-23+. The Morgan fingerprint density at radius 3 is 2.57 bits per heavy atom. The third-order valence-corrected chi connectivity index (χ3v) is 5.92. The summed E-state index contributed by atoms with van der Waals surface area (Å²) < 4.78 is 12.9. The number of likely N-dealkylation sites (tertiary alicyclic amines) is 1. The first-order chi connectivity index (χ1) is 17.0. The van der Waals surface area contributed by atoms with E-state index in [2.05, 4.69) is 4.98 Å².